The van der Waals surface area contributed by atoms with Gasteiger partial charge in [-0.1, -0.05) is 30.0 Å². The lowest BCUT2D eigenvalue weighted by molar-refractivity contribution is 0.425. The van der Waals surface area contributed by atoms with Crippen LogP contribution in [-0.2, 0) is 10.0 Å². The molecular formula is C19H23N3O2S2. The Morgan fingerprint density at radius 1 is 1.04 bits per heavy atom. The highest BCUT2D eigenvalue weighted by atomic mass is 32.2. The lowest BCUT2D eigenvalue weighted by Crippen LogP contribution is -2.36. The van der Waals surface area contributed by atoms with Crippen LogP contribution in [0.2, 0.25) is 0 Å². The minimum atomic E-state index is -3.37. The first-order chi connectivity index (χ1) is 12.6. The molecule has 1 atom stereocenters. The molecule has 0 aliphatic carbocycles. The van der Waals surface area contributed by atoms with Crippen molar-refractivity contribution in [1.82, 2.24) is 9.62 Å². The Bertz CT molecular complexity index is 907. The van der Waals surface area contributed by atoms with Gasteiger partial charge in [0.25, 0.3) is 0 Å². The quantitative estimate of drug-likeness (QED) is 0.717. The Kier molecular flexibility index (Phi) is 4.96. The maximum absolute atomic E-state index is 13.1. The van der Waals surface area contributed by atoms with Crippen LogP contribution in [-0.4, -0.2) is 38.9 Å². The molecule has 0 radical (unpaired) electrons. The van der Waals surface area contributed by atoms with Crippen molar-refractivity contribution in [2.45, 2.75) is 28.4 Å². The van der Waals surface area contributed by atoms with Crippen LogP contribution in [0.15, 0.2) is 52.3 Å². The van der Waals surface area contributed by atoms with E-state index in [1.807, 2.05) is 36.4 Å². The molecule has 2 aromatic rings. The molecule has 0 saturated carbocycles. The molecule has 2 aliphatic heterocycles. The van der Waals surface area contributed by atoms with Gasteiger partial charge in [0, 0.05) is 29.4 Å². The average molecular weight is 390 g/mol. The van der Waals surface area contributed by atoms with Gasteiger partial charge in [0.05, 0.1) is 16.6 Å². The van der Waals surface area contributed by atoms with Gasteiger partial charge in [0.1, 0.15) is 0 Å². The van der Waals surface area contributed by atoms with E-state index in [2.05, 4.69) is 16.7 Å². The van der Waals surface area contributed by atoms with Crippen molar-refractivity contribution < 1.29 is 8.42 Å². The monoisotopic (exact) mass is 389 g/mol. The summed E-state index contributed by atoms with van der Waals surface area (Å²) < 4.78 is 27.8. The third-order valence-corrected chi connectivity index (χ3v) is 8.36. The topological polar surface area (TPSA) is 61.4 Å². The summed E-state index contributed by atoms with van der Waals surface area (Å²) >= 11 is 1.71. The Hall–Kier alpha value is -1.54. The SMILES string of the molecule is CC(c1ccc2c(c1)Nc1ccccc1S2)S(=O)(=O)N1CCCNCC1. The highest BCUT2D eigenvalue weighted by Gasteiger charge is 2.31. The fourth-order valence-electron chi connectivity index (χ4n) is 3.38. The smallest absolute Gasteiger partial charge is 0.220 e. The number of para-hydroxylation sites is 1. The number of nitrogens with one attached hydrogen (secondary N) is 2. The van der Waals surface area contributed by atoms with E-state index in [9.17, 15) is 8.42 Å². The molecule has 7 heteroatoms. The van der Waals surface area contributed by atoms with E-state index in [0.717, 1.165) is 34.8 Å². The van der Waals surface area contributed by atoms with Gasteiger partial charge in [-0.25, -0.2) is 12.7 Å². The normalized spacial score (nSPS) is 19.0. The van der Waals surface area contributed by atoms with E-state index in [0.29, 0.717) is 19.6 Å². The van der Waals surface area contributed by atoms with Gasteiger partial charge in [-0.3, -0.25) is 0 Å². The summed E-state index contributed by atoms with van der Waals surface area (Å²) in [4.78, 5) is 2.31. The fourth-order valence-corrected chi connectivity index (χ4v) is 6.02. The number of sulfonamides is 1. The molecule has 2 heterocycles. The van der Waals surface area contributed by atoms with Crippen LogP contribution in [0, 0.1) is 0 Å². The fraction of sp³-hybridized carbons (Fsp3) is 0.368. The number of nitrogens with zero attached hydrogens (tertiary/aromatic N) is 1. The second-order valence-corrected chi connectivity index (χ2v) is 10.0. The molecule has 0 bridgehead atoms. The third-order valence-electron chi connectivity index (χ3n) is 4.96. The first-order valence-corrected chi connectivity index (χ1v) is 11.3. The zero-order valence-electron chi connectivity index (χ0n) is 14.7. The van der Waals surface area contributed by atoms with Gasteiger partial charge >= 0.3 is 0 Å². The molecular weight excluding hydrogens is 366 g/mol. The number of rotatable bonds is 3. The van der Waals surface area contributed by atoms with Gasteiger partial charge < -0.3 is 10.6 Å². The molecule has 2 N–H and O–H groups in total. The van der Waals surface area contributed by atoms with Crippen LogP contribution in [0.4, 0.5) is 11.4 Å². The number of benzene rings is 2. The highest BCUT2D eigenvalue weighted by Crippen LogP contribution is 2.45. The Morgan fingerprint density at radius 2 is 1.85 bits per heavy atom. The molecule has 138 valence electrons. The largest absolute Gasteiger partial charge is 0.354 e. The second kappa shape index (κ2) is 7.23. The van der Waals surface area contributed by atoms with Crippen LogP contribution in [0.3, 0.4) is 0 Å². The van der Waals surface area contributed by atoms with Gasteiger partial charge in [0.15, 0.2) is 0 Å². The van der Waals surface area contributed by atoms with Gasteiger partial charge in [-0.15, -0.1) is 0 Å². The molecule has 1 unspecified atom stereocenters. The summed E-state index contributed by atoms with van der Waals surface area (Å²) in [6, 6.07) is 14.1. The van der Waals surface area contributed by atoms with Gasteiger partial charge in [-0.05, 0) is 49.7 Å². The lowest BCUT2D eigenvalue weighted by atomic mass is 10.1. The van der Waals surface area contributed by atoms with Crippen LogP contribution in [0.5, 0.6) is 0 Å². The molecule has 0 amide bonds. The second-order valence-electron chi connectivity index (χ2n) is 6.67. The van der Waals surface area contributed by atoms with Crippen LogP contribution in [0.1, 0.15) is 24.2 Å². The molecule has 2 aromatic carbocycles. The number of anilines is 2. The van der Waals surface area contributed by atoms with Gasteiger partial charge in [-0.2, -0.15) is 0 Å². The molecule has 26 heavy (non-hydrogen) atoms. The third kappa shape index (κ3) is 3.36. The Morgan fingerprint density at radius 3 is 2.73 bits per heavy atom. The number of fused-ring (bicyclic) bond motifs is 2. The van der Waals surface area contributed by atoms with Crippen molar-refractivity contribution >= 4 is 33.2 Å². The standard InChI is InChI=1S/C19H23N3O2S2/c1-14(26(23,24)22-11-4-9-20-10-12-22)15-7-8-19-17(13-15)21-16-5-2-3-6-18(16)25-19/h2-3,5-8,13-14,20-21H,4,9-12H2,1H3. The van der Waals surface area contributed by atoms with Crippen molar-refractivity contribution in [2.75, 3.05) is 31.5 Å². The zero-order valence-corrected chi connectivity index (χ0v) is 16.4. The van der Waals surface area contributed by atoms with Crippen LogP contribution in [0.25, 0.3) is 0 Å². The van der Waals surface area contributed by atoms with Crippen LogP contribution >= 0.6 is 11.8 Å². The van der Waals surface area contributed by atoms with Crippen molar-refractivity contribution in [3.05, 3.63) is 48.0 Å². The summed E-state index contributed by atoms with van der Waals surface area (Å²) in [6.07, 6.45) is 0.852. The maximum atomic E-state index is 13.1. The van der Waals surface area contributed by atoms with Crippen molar-refractivity contribution in [1.29, 1.82) is 0 Å². The summed E-state index contributed by atoms with van der Waals surface area (Å²) in [7, 11) is -3.37. The molecule has 1 fully saturated rings. The zero-order chi connectivity index (χ0) is 18.1. The molecule has 2 aliphatic rings. The Labute approximate surface area is 159 Å². The Balaban J connectivity index is 1.60. The van der Waals surface area contributed by atoms with E-state index < -0.39 is 15.3 Å². The lowest BCUT2D eigenvalue weighted by Gasteiger charge is -2.26. The van der Waals surface area contributed by atoms with E-state index >= 15 is 0 Å². The van der Waals surface area contributed by atoms with Crippen LogP contribution < -0.4 is 10.6 Å². The highest BCUT2D eigenvalue weighted by molar-refractivity contribution is 7.99. The van der Waals surface area contributed by atoms with E-state index in [1.54, 1.807) is 23.0 Å². The summed E-state index contributed by atoms with van der Waals surface area (Å²) in [5.74, 6) is 0. The first kappa shape index (κ1) is 17.9. The van der Waals surface area contributed by atoms with E-state index in [1.165, 1.54) is 4.90 Å². The maximum Gasteiger partial charge on any atom is 0.220 e. The number of hydrogen-bond donors (Lipinski definition) is 2. The summed E-state index contributed by atoms with van der Waals surface area (Å²) in [5.41, 5.74) is 2.87. The summed E-state index contributed by atoms with van der Waals surface area (Å²) in [5, 5.41) is 6.14. The first-order valence-electron chi connectivity index (χ1n) is 8.93. The van der Waals surface area contributed by atoms with Crippen molar-refractivity contribution in [2.24, 2.45) is 0 Å². The molecule has 4 rings (SSSR count). The predicted octanol–water partition coefficient (Wildman–Crippen LogP) is 3.58. The minimum Gasteiger partial charge on any atom is -0.354 e. The van der Waals surface area contributed by atoms with E-state index in [-0.39, 0.29) is 0 Å². The van der Waals surface area contributed by atoms with Crippen molar-refractivity contribution in [3.63, 3.8) is 0 Å². The molecule has 1 saturated heterocycles. The molecule has 0 aromatic heterocycles. The average Bonchev–Trinajstić information content (AvgIpc) is 2.95. The molecule has 0 spiro atoms. The minimum absolute atomic E-state index is 0.541. The van der Waals surface area contributed by atoms with E-state index in [4.69, 9.17) is 0 Å². The predicted molar refractivity (Wildman–Crippen MR) is 107 cm³/mol. The van der Waals surface area contributed by atoms with Crippen molar-refractivity contribution in [3.8, 4) is 0 Å². The number of hydrogen-bond acceptors (Lipinski definition) is 5. The summed E-state index contributed by atoms with van der Waals surface area (Å²) in [6.45, 7) is 4.51. The molecule has 5 nitrogen and oxygen atoms in total. The van der Waals surface area contributed by atoms with Gasteiger partial charge in [0.2, 0.25) is 10.0 Å².